The van der Waals surface area contributed by atoms with Crippen LogP contribution >= 0.6 is 0 Å². The molecule has 27 heavy (non-hydrogen) atoms. The lowest BCUT2D eigenvalue weighted by molar-refractivity contribution is -0.139. The molecule has 0 saturated carbocycles. The topological polar surface area (TPSA) is 63.7 Å². The molecule has 1 saturated heterocycles. The Kier molecular flexibility index (Phi) is 5.92. The lowest BCUT2D eigenvalue weighted by Gasteiger charge is -2.32. The molecule has 0 aliphatic carbocycles. The van der Waals surface area contributed by atoms with Crippen LogP contribution in [0, 0.1) is 5.82 Å². The van der Waals surface area contributed by atoms with Crippen molar-refractivity contribution in [2.75, 3.05) is 20.2 Å². The second-order valence-electron chi connectivity index (χ2n) is 6.65. The molecule has 0 aromatic heterocycles. The Labute approximate surface area is 158 Å². The molecule has 1 atom stereocenters. The van der Waals surface area contributed by atoms with E-state index in [0.29, 0.717) is 13.1 Å². The van der Waals surface area contributed by atoms with Gasteiger partial charge in [-0.05, 0) is 54.2 Å². The van der Waals surface area contributed by atoms with Crippen molar-refractivity contribution in [3.63, 3.8) is 0 Å². The van der Waals surface area contributed by atoms with Crippen molar-refractivity contribution in [2.45, 2.75) is 30.1 Å². The molecule has 1 unspecified atom stereocenters. The summed E-state index contributed by atoms with van der Waals surface area (Å²) in [6, 6.07) is 12.5. The van der Waals surface area contributed by atoms with Gasteiger partial charge < -0.3 is 4.74 Å². The van der Waals surface area contributed by atoms with Crippen molar-refractivity contribution >= 4 is 16.0 Å². The van der Waals surface area contributed by atoms with Gasteiger partial charge in [0.1, 0.15) is 5.82 Å². The summed E-state index contributed by atoms with van der Waals surface area (Å²) < 4.78 is 45.0. The maximum absolute atomic E-state index is 13.1. The van der Waals surface area contributed by atoms with Crippen LogP contribution in [0.5, 0.6) is 0 Å². The average molecular weight is 391 g/mol. The molecule has 0 radical (unpaired) electrons. The molecule has 0 N–H and O–H groups in total. The molecular weight excluding hydrogens is 369 g/mol. The average Bonchev–Trinajstić information content (AvgIpc) is 2.68. The highest BCUT2D eigenvalue weighted by Crippen LogP contribution is 2.30. The highest BCUT2D eigenvalue weighted by Gasteiger charge is 2.31. The van der Waals surface area contributed by atoms with Gasteiger partial charge in [-0.2, -0.15) is 4.31 Å². The minimum atomic E-state index is -3.66. The van der Waals surface area contributed by atoms with E-state index in [0.717, 1.165) is 36.1 Å². The number of ether oxygens (including phenoxy) is 1. The predicted octanol–water partition coefficient (Wildman–Crippen LogP) is 3.11. The Morgan fingerprint density at radius 2 is 1.96 bits per heavy atom. The van der Waals surface area contributed by atoms with Crippen LogP contribution in [0.25, 0.3) is 0 Å². The fourth-order valence-electron chi connectivity index (χ4n) is 3.38. The number of benzene rings is 2. The summed E-state index contributed by atoms with van der Waals surface area (Å²) >= 11 is 0. The van der Waals surface area contributed by atoms with E-state index in [4.69, 9.17) is 4.74 Å². The van der Waals surface area contributed by atoms with Gasteiger partial charge in [0.2, 0.25) is 10.0 Å². The summed E-state index contributed by atoms with van der Waals surface area (Å²) in [4.78, 5) is 11.6. The normalized spacial score (nSPS) is 18.2. The van der Waals surface area contributed by atoms with Gasteiger partial charge in [0.05, 0.1) is 18.4 Å². The third kappa shape index (κ3) is 4.54. The van der Waals surface area contributed by atoms with E-state index < -0.39 is 15.8 Å². The highest BCUT2D eigenvalue weighted by atomic mass is 32.2. The maximum atomic E-state index is 13.1. The molecule has 1 fully saturated rings. The van der Waals surface area contributed by atoms with E-state index in [-0.39, 0.29) is 23.2 Å². The molecule has 2 aromatic carbocycles. The molecule has 1 aliphatic heterocycles. The number of esters is 1. The number of carbonyl (C=O) groups is 1. The molecule has 7 heteroatoms. The largest absolute Gasteiger partial charge is 0.469 e. The first-order valence-electron chi connectivity index (χ1n) is 8.81. The molecule has 0 amide bonds. The number of hydrogen-bond donors (Lipinski definition) is 0. The fourth-order valence-corrected chi connectivity index (χ4v) is 4.91. The number of nitrogens with zero attached hydrogens (tertiary/aromatic N) is 1. The molecule has 5 nitrogen and oxygen atoms in total. The van der Waals surface area contributed by atoms with Crippen LogP contribution in [0.4, 0.5) is 4.39 Å². The van der Waals surface area contributed by atoms with Crippen LogP contribution in [0.15, 0.2) is 53.4 Å². The van der Waals surface area contributed by atoms with E-state index in [1.807, 2.05) is 24.3 Å². The lowest BCUT2D eigenvalue weighted by Crippen LogP contribution is -2.39. The summed E-state index contributed by atoms with van der Waals surface area (Å²) in [5.41, 5.74) is 1.85. The standard InChI is InChI=1S/C20H22FNO4S/c1-26-20(23)13-15-4-2-5-16(12-15)17-6-3-11-22(14-17)27(24,25)19-9-7-18(21)8-10-19/h2,4-5,7-10,12,17H,3,6,11,13-14H2,1H3. The number of methoxy groups -OCH3 is 1. The quantitative estimate of drug-likeness (QED) is 0.735. The smallest absolute Gasteiger partial charge is 0.309 e. The Morgan fingerprint density at radius 1 is 1.22 bits per heavy atom. The Bertz CT molecular complexity index is 912. The zero-order valence-corrected chi connectivity index (χ0v) is 15.9. The predicted molar refractivity (Wildman–Crippen MR) is 99.3 cm³/mol. The highest BCUT2D eigenvalue weighted by molar-refractivity contribution is 7.89. The molecule has 2 aromatic rings. The van der Waals surface area contributed by atoms with Crippen LogP contribution in [0.2, 0.25) is 0 Å². The minimum absolute atomic E-state index is 0.0478. The van der Waals surface area contributed by atoms with Gasteiger partial charge in [0.15, 0.2) is 0 Å². The monoisotopic (exact) mass is 391 g/mol. The Hall–Kier alpha value is -2.25. The van der Waals surface area contributed by atoms with E-state index in [2.05, 4.69) is 0 Å². The summed E-state index contributed by atoms with van der Waals surface area (Å²) in [6.07, 6.45) is 1.80. The molecule has 1 heterocycles. The SMILES string of the molecule is COC(=O)Cc1cccc(C2CCCN(S(=O)(=O)c3ccc(F)cc3)C2)c1. The summed E-state index contributed by atoms with van der Waals surface area (Å²) in [7, 11) is -2.31. The van der Waals surface area contributed by atoms with Crippen LogP contribution in [0.3, 0.4) is 0 Å². The van der Waals surface area contributed by atoms with Crippen molar-refractivity contribution in [3.05, 3.63) is 65.5 Å². The van der Waals surface area contributed by atoms with Gasteiger partial charge in [0.25, 0.3) is 0 Å². The molecule has 3 rings (SSSR count). The number of carbonyl (C=O) groups excluding carboxylic acids is 1. The zero-order valence-electron chi connectivity index (χ0n) is 15.1. The van der Waals surface area contributed by atoms with Crippen molar-refractivity contribution in [1.29, 1.82) is 0 Å². The first kappa shape index (κ1) is 19.5. The summed E-state index contributed by atoms with van der Waals surface area (Å²) in [6.45, 7) is 0.805. The summed E-state index contributed by atoms with van der Waals surface area (Å²) in [5.74, 6) is -0.726. The van der Waals surface area contributed by atoms with Crippen LogP contribution < -0.4 is 0 Å². The summed E-state index contributed by atoms with van der Waals surface area (Å²) in [5, 5.41) is 0. The van der Waals surface area contributed by atoms with Gasteiger partial charge in [-0.15, -0.1) is 0 Å². The molecule has 0 spiro atoms. The third-order valence-corrected chi connectivity index (χ3v) is 6.71. The molecule has 1 aliphatic rings. The number of rotatable bonds is 5. The molecule has 0 bridgehead atoms. The van der Waals surface area contributed by atoms with Gasteiger partial charge in [-0.1, -0.05) is 24.3 Å². The lowest BCUT2D eigenvalue weighted by atomic mass is 9.90. The van der Waals surface area contributed by atoms with E-state index >= 15 is 0 Å². The molecular formula is C20H22FNO4S. The van der Waals surface area contributed by atoms with Crippen molar-refractivity contribution < 1.29 is 22.3 Å². The van der Waals surface area contributed by atoms with Crippen molar-refractivity contribution in [3.8, 4) is 0 Å². The molecule has 144 valence electrons. The van der Waals surface area contributed by atoms with E-state index in [1.165, 1.54) is 23.5 Å². The Morgan fingerprint density at radius 3 is 2.67 bits per heavy atom. The number of sulfonamides is 1. The third-order valence-electron chi connectivity index (χ3n) is 4.83. The van der Waals surface area contributed by atoms with Gasteiger partial charge >= 0.3 is 5.97 Å². The van der Waals surface area contributed by atoms with Gasteiger partial charge in [-0.25, -0.2) is 12.8 Å². The number of hydrogen-bond acceptors (Lipinski definition) is 4. The zero-order chi connectivity index (χ0) is 19.4. The van der Waals surface area contributed by atoms with Crippen LogP contribution in [-0.4, -0.2) is 38.9 Å². The van der Waals surface area contributed by atoms with Crippen molar-refractivity contribution in [1.82, 2.24) is 4.31 Å². The first-order valence-corrected chi connectivity index (χ1v) is 10.3. The van der Waals surface area contributed by atoms with Crippen LogP contribution in [-0.2, 0) is 26.0 Å². The second-order valence-corrected chi connectivity index (χ2v) is 8.59. The van der Waals surface area contributed by atoms with E-state index in [9.17, 15) is 17.6 Å². The van der Waals surface area contributed by atoms with E-state index in [1.54, 1.807) is 0 Å². The first-order chi connectivity index (χ1) is 12.9. The fraction of sp³-hybridized carbons (Fsp3) is 0.350. The minimum Gasteiger partial charge on any atom is -0.469 e. The Balaban J connectivity index is 1.79. The number of halogens is 1. The van der Waals surface area contributed by atoms with Crippen LogP contribution in [0.1, 0.15) is 29.9 Å². The number of piperidine rings is 1. The van der Waals surface area contributed by atoms with Crippen molar-refractivity contribution in [2.24, 2.45) is 0 Å². The van der Waals surface area contributed by atoms with Gasteiger partial charge in [-0.3, -0.25) is 4.79 Å². The second kappa shape index (κ2) is 8.19. The van der Waals surface area contributed by atoms with Gasteiger partial charge in [0, 0.05) is 13.1 Å². The maximum Gasteiger partial charge on any atom is 0.309 e.